The summed E-state index contributed by atoms with van der Waals surface area (Å²) in [6.07, 6.45) is 0.742. The van der Waals surface area contributed by atoms with E-state index in [9.17, 15) is 13.2 Å². The number of aromatic amines is 1. The number of aryl methyl sites for hydroxylation is 1. The van der Waals surface area contributed by atoms with Crippen molar-refractivity contribution in [2.75, 3.05) is 6.54 Å². The minimum absolute atomic E-state index is 0.0680. The van der Waals surface area contributed by atoms with E-state index < -0.39 is 10.0 Å². The largest absolute Gasteiger partial charge is 0.315 e. The van der Waals surface area contributed by atoms with E-state index in [0.29, 0.717) is 12.2 Å². The molecule has 0 aliphatic heterocycles. The van der Waals surface area contributed by atoms with Gasteiger partial charge < -0.3 is 4.98 Å². The van der Waals surface area contributed by atoms with E-state index >= 15 is 0 Å². The van der Waals surface area contributed by atoms with Crippen LogP contribution < -0.4 is 4.87 Å². The van der Waals surface area contributed by atoms with Gasteiger partial charge in [-0.1, -0.05) is 25.2 Å². The highest BCUT2D eigenvalue weighted by molar-refractivity contribution is 7.91. The molecule has 0 aliphatic carbocycles. The predicted octanol–water partition coefficient (Wildman–Crippen LogP) is 1.55. The van der Waals surface area contributed by atoms with Crippen molar-refractivity contribution in [2.45, 2.75) is 44.4 Å². The monoisotopic (exact) mass is 278 g/mol. The van der Waals surface area contributed by atoms with Crippen molar-refractivity contribution in [1.29, 1.82) is 0 Å². The summed E-state index contributed by atoms with van der Waals surface area (Å²) in [5, 5.41) is 0. The first-order chi connectivity index (χ1) is 7.84. The third-order valence-electron chi connectivity index (χ3n) is 2.72. The molecule has 0 fully saturated rings. The first kappa shape index (κ1) is 14.4. The van der Waals surface area contributed by atoms with Crippen LogP contribution in [0.3, 0.4) is 0 Å². The molecule has 0 amide bonds. The van der Waals surface area contributed by atoms with Gasteiger partial charge in [0.15, 0.2) is 4.21 Å². The molecule has 0 radical (unpaired) electrons. The Morgan fingerprint density at radius 1 is 1.41 bits per heavy atom. The Hall–Kier alpha value is -0.660. The Balaban J connectivity index is 3.27. The lowest BCUT2D eigenvalue weighted by Gasteiger charge is -2.25. The molecular weight excluding hydrogens is 260 g/mol. The molecule has 1 atom stereocenters. The molecule has 1 aromatic heterocycles. The van der Waals surface area contributed by atoms with Gasteiger partial charge in [-0.25, -0.2) is 8.42 Å². The van der Waals surface area contributed by atoms with Crippen molar-refractivity contribution < 1.29 is 8.42 Å². The molecule has 98 valence electrons. The van der Waals surface area contributed by atoms with E-state index in [1.165, 1.54) is 4.31 Å². The first-order valence-electron chi connectivity index (χ1n) is 5.56. The van der Waals surface area contributed by atoms with Crippen LogP contribution in [0, 0.1) is 6.92 Å². The van der Waals surface area contributed by atoms with Crippen LogP contribution >= 0.6 is 11.3 Å². The van der Waals surface area contributed by atoms with Crippen LogP contribution in [-0.4, -0.2) is 30.3 Å². The third kappa shape index (κ3) is 2.78. The van der Waals surface area contributed by atoms with Crippen LogP contribution in [0.1, 0.15) is 32.9 Å². The first-order valence-corrected chi connectivity index (χ1v) is 7.81. The Labute approximate surface area is 106 Å². The normalized spacial score (nSPS) is 14.2. The van der Waals surface area contributed by atoms with Crippen LogP contribution in [0.2, 0.25) is 0 Å². The van der Waals surface area contributed by atoms with E-state index in [1.807, 2.05) is 13.8 Å². The summed E-state index contributed by atoms with van der Waals surface area (Å²) < 4.78 is 26.3. The summed E-state index contributed by atoms with van der Waals surface area (Å²) in [6.45, 7) is 7.62. The second-order valence-corrected chi connectivity index (χ2v) is 6.96. The fraction of sp³-hybridized carbons (Fsp3) is 0.700. The zero-order chi connectivity index (χ0) is 13.2. The Morgan fingerprint density at radius 2 is 2.00 bits per heavy atom. The standard InChI is InChI=1S/C10H18N2O3S2/c1-5-7(3)12(6-2)17(14,15)9-8(4)11-10(13)16-9/h7H,5-6H2,1-4H3,(H,11,13). The highest BCUT2D eigenvalue weighted by Crippen LogP contribution is 2.23. The maximum Gasteiger partial charge on any atom is 0.305 e. The zero-order valence-corrected chi connectivity index (χ0v) is 12.1. The summed E-state index contributed by atoms with van der Waals surface area (Å²) in [5.41, 5.74) is 0.418. The molecule has 5 nitrogen and oxygen atoms in total. The molecule has 0 aromatic carbocycles. The number of hydrogen-bond donors (Lipinski definition) is 1. The molecule has 17 heavy (non-hydrogen) atoms. The van der Waals surface area contributed by atoms with Crippen molar-refractivity contribution in [3.8, 4) is 0 Å². The van der Waals surface area contributed by atoms with E-state index in [4.69, 9.17) is 0 Å². The summed E-state index contributed by atoms with van der Waals surface area (Å²) in [7, 11) is -3.55. The van der Waals surface area contributed by atoms with Crippen molar-refractivity contribution in [2.24, 2.45) is 0 Å². The number of H-pyrrole nitrogens is 1. The van der Waals surface area contributed by atoms with Crippen molar-refractivity contribution in [1.82, 2.24) is 9.29 Å². The average molecular weight is 278 g/mol. The molecule has 0 spiro atoms. The highest BCUT2D eigenvalue weighted by Gasteiger charge is 2.30. The topological polar surface area (TPSA) is 70.2 Å². The van der Waals surface area contributed by atoms with E-state index in [1.54, 1.807) is 13.8 Å². The van der Waals surface area contributed by atoms with Crippen LogP contribution in [0.4, 0.5) is 0 Å². The van der Waals surface area contributed by atoms with Gasteiger partial charge in [-0.3, -0.25) is 4.79 Å². The average Bonchev–Trinajstić information content (AvgIpc) is 2.58. The Kier molecular flexibility index (Phi) is 4.51. The van der Waals surface area contributed by atoms with Crippen molar-refractivity contribution >= 4 is 21.4 Å². The van der Waals surface area contributed by atoms with Crippen LogP contribution in [0.25, 0.3) is 0 Å². The van der Waals surface area contributed by atoms with Gasteiger partial charge >= 0.3 is 4.87 Å². The molecule has 1 rings (SSSR count). The highest BCUT2D eigenvalue weighted by atomic mass is 32.2. The van der Waals surface area contributed by atoms with Crippen molar-refractivity contribution in [3.63, 3.8) is 0 Å². The lowest BCUT2D eigenvalue weighted by Crippen LogP contribution is -2.37. The number of rotatable bonds is 5. The van der Waals surface area contributed by atoms with Gasteiger partial charge in [0.1, 0.15) is 0 Å². The predicted molar refractivity (Wildman–Crippen MR) is 69.0 cm³/mol. The third-order valence-corrected chi connectivity index (χ3v) is 6.39. The Bertz CT molecular complexity index is 530. The molecule has 0 saturated carbocycles. The number of nitrogens with zero attached hydrogens (tertiary/aromatic N) is 1. The Morgan fingerprint density at radius 3 is 2.35 bits per heavy atom. The number of sulfonamides is 1. The number of aromatic nitrogens is 1. The van der Waals surface area contributed by atoms with Gasteiger partial charge in [-0.2, -0.15) is 4.31 Å². The number of hydrogen-bond acceptors (Lipinski definition) is 4. The van der Waals surface area contributed by atoms with E-state index in [2.05, 4.69) is 4.98 Å². The zero-order valence-electron chi connectivity index (χ0n) is 10.5. The smallest absolute Gasteiger partial charge is 0.305 e. The summed E-state index contributed by atoms with van der Waals surface area (Å²) >= 11 is 0.752. The van der Waals surface area contributed by atoms with Gasteiger partial charge in [0.25, 0.3) is 10.0 Å². The molecule has 1 heterocycles. The molecule has 0 aliphatic rings. The quantitative estimate of drug-likeness (QED) is 0.888. The lowest BCUT2D eigenvalue weighted by atomic mass is 10.3. The summed E-state index contributed by atoms with van der Waals surface area (Å²) in [5.74, 6) is 0. The van der Waals surface area contributed by atoms with Crippen LogP contribution in [0.15, 0.2) is 9.00 Å². The van der Waals surface area contributed by atoms with Crippen LogP contribution in [-0.2, 0) is 10.0 Å². The molecule has 0 saturated heterocycles. The second-order valence-electron chi connectivity index (χ2n) is 3.89. The summed E-state index contributed by atoms with van der Waals surface area (Å²) in [4.78, 5) is 13.4. The van der Waals surface area contributed by atoms with E-state index in [-0.39, 0.29) is 15.1 Å². The molecule has 1 unspecified atom stereocenters. The SMILES string of the molecule is CCC(C)N(CC)S(=O)(=O)c1sc(=O)[nH]c1C. The van der Waals surface area contributed by atoms with Gasteiger partial charge in [-0.15, -0.1) is 0 Å². The molecular formula is C10H18N2O3S2. The number of nitrogens with one attached hydrogen (secondary N) is 1. The van der Waals surface area contributed by atoms with Crippen LogP contribution in [0.5, 0.6) is 0 Å². The lowest BCUT2D eigenvalue weighted by molar-refractivity contribution is 0.343. The van der Waals surface area contributed by atoms with Gasteiger partial charge in [0.2, 0.25) is 0 Å². The maximum absolute atomic E-state index is 12.4. The maximum atomic E-state index is 12.4. The van der Waals surface area contributed by atoms with Gasteiger partial charge in [0, 0.05) is 18.3 Å². The second kappa shape index (κ2) is 5.32. The molecule has 0 bridgehead atoms. The minimum atomic E-state index is -3.55. The molecule has 1 N–H and O–H groups in total. The van der Waals surface area contributed by atoms with Gasteiger partial charge in [-0.05, 0) is 20.3 Å². The molecule has 1 aromatic rings. The minimum Gasteiger partial charge on any atom is -0.315 e. The fourth-order valence-electron chi connectivity index (χ4n) is 1.67. The fourth-order valence-corrected chi connectivity index (χ4v) is 4.79. The van der Waals surface area contributed by atoms with Crippen molar-refractivity contribution in [3.05, 3.63) is 15.4 Å². The molecule has 7 heteroatoms. The number of thiazole rings is 1. The van der Waals surface area contributed by atoms with Gasteiger partial charge in [0.05, 0.1) is 0 Å². The summed E-state index contributed by atoms with van der Waals surface area (Å²) in [6, 6.07) is -0.0680. The van der Waals surface area contributed by atoms with E-state index in [0.717, 1.165) is 17.8 Å².